The Bertz CT molecular complexity index is 627. The van der Waals surface area contributed by atoms with Crippen molar-refractivity contribution >= 4 is 11.9 Å². The molecule has 0 radical (unpaired) electrons. The van der Waals surface area contributed by atoms with Crippen molar-refractivity contribution in [1.82, 2.24) is 5.32 Å². The summed E-state index contributed by atoms with van der Waals surface area (Å²) >= 11 is 0. The van der Waals surface area contributed by atoms with E-state index in [2.05, 4.69) is 5.32 Å². The number of para-hydroxylation sites is 1. The van der Waals surface area contributed by atoms with Gasteiger partial charge in [-0.15, -0.1) is 0 Å². The van der Waals surface area contributed by atoms with Crippen LogP contribution < -0.4 is 10.1 Å². The second-order valence-electron chi connectivity index (χ2n) is 6.38. The Morgan fingerprint density at radius 1 is 1.35 bits per heavy atom. The van der Waals surface area contributed by atoms with Crippen LogP contribution in [0.1, 0.15) is 50.1 Å². The van der Waals surface area contributed by atoms with E-state index in [0.29, 0.717) is 37.9 Å². The predicted molar refractivity (Wildman–Crippen MR) is 80.5 cm³/mol. The Morgan fingerprint density at radius 2 is 2.13 bits per heavy atom. The fourth-order valence-electron chi connectivity index (χ4n) is 3.34. The van der Waals surface area contributed by atoms with E-state index in [-0.39, 0.29) is 24.1 Å². The smallest absolute Gasteiger partial charge is 0.310 e. The van der Waals surface area contributed by atoms with Crippen LogP contribution in [0.25, 0.3) is 0 Å². The molecule has 1 aromatic rings. The number of carbonyl (C=O) groups excluding carboxylic acids is 1. The van der Waals surface area contributed by atoms with Gasteiger partial charge in [0.1, 0.15) is 0 Å². The van der Waals surface area contributed by atoms with Crippen molar-refractivity contribution in [3.05, 3.63) is 29.6 Å². The van der Waals surface area contributed by atoms with Crippen LogP contribution in [-0.4, -0.2) is 23.6 Å². The topological polar surface area (TPSA) is 75.6 Å². The summed E-state index contributed by atoms with van der Waals surface area (Å²) in [6, 6.07) is 4.32. The lowest BCUT2D eigenvalue weighted by molar-refractivity contribution is -0.157. The van der Waals surface area contributed by atoms with E-state index in [1.54, 1.807) is 12.1 Å². The minimum atomic E-state index is -0.921. The molecule has 1 aliphatic carbocycles. The molecular weight excluding hydrogens is 301 g/mol. The van der Waals surface area contributed by atoms with Gasteiger partial charge in [-0.05, 0) is 31.7 Å². The number of ether oxygens (including phenoxy) is 1. The van der Waals surface area contributed by atoms with Gasteiger partial charge in [0.05, 0.1) is 18.1 Å². The van der Waals surface area contributed by atoms with Gasteiger partial charge >= 0.3 is 5.97 Å². The molecule has 6 heteroatoms. The van der Waals surface area contributed by atoms with E-state index in [0.717, 1.165) is 6.42 Å². The first-order chi connectivity index (χ1) is 11.0. The van der Waals surface area contributed by atoms with E-state index in [9.17, 15) is 19.1 Å². The van der Waals surface area contributed by atoms with E-state index >= 15 is 0 Å². The number of hydrogen-bond donors (Lipinski definition) is 2. The van der Waals surface area contributed by atoms with Crippen LogP contribution in [0.2, 0.25) is 0 Å². The maximum Gasteiger partial charge on any atom is 0.310 e. The highest BCUT2D eigenvalue weighted by atomic mass is 19.1. The highest BCUT2D eigenvalue weighted by molar-refractivity contribution is 5.85. The molecule has 1 atom stereocenters. The summed E-state index contributed by atoms with van der Waals surface area (Å²) in [6.07, 6.45) is 3.23. The second-order valence-corrected chi connectivity index (χ2v) is 6.38. The van der Waals surface area contributed by atoms with E-state index < -0.39 is 17.2 Å². The van der Waals surface area contributed by atoms with Gasteiger partial charge in [0.15, 0.2) is 11.6 Å². The van der Waals surface area contributed by atoms with Crippen molar-refractivity contribution in [3.8, 4) is 5.75 Å². The van der Waals surface area contributed by atoms with E-state index in [1.807, 2.05) is 0 Å². The second kappa shape index (κ2) is 6.18. The molecule has 1 unspecified atom stereocenters. The zero-order valence-electron chi connectivity index (χ0n) is 12.8. The van der Waals surface area contributed by atoms with Crippen LogP contribution in [-0.2, 0) is 9.59 Å². The number of halogens is 1. The summed E-state index contributed by atoms with van der Waals surface area (Å²) in [6.45, 7) is 0.402. The number of rotatable bonds is 4. The number of carboxylic acids is 1. The van der Waals surface area contributed by atoms with Gasteiger partial charge in [0.25, 0.3) is 0 Å². The zero-order chi connectivity index (χ0) is 16.4. The van der Waals surface area contributed by atoms with Crippen LogP contribution in [0.3, 0.4) is 0 Å². The average Bonchev–Trinajstić information content (AvgIpc) is 2.66. The zero-order valence-corrected chi connectivity index (χ0v) is 12.8. The number of amides is 1. The third-order valence-corrected chi connectivity index (χ3v) is 4.85. The SMILES string of the molecule is O=C(CC1(C(=O)O)CCC1)NC1CCCOc2c(F)cccc21. The third kappa shape index (κ3) is 3.02. The fourth-order valence-corrected chi connectivity index (χ4v) is 3.34. The van der Waals surface area contributed by atoms with Crippen LogP contribution >= 0.6 is 0 Å². The molecule has 1 heterocycles. The minimum Gasteiger partial charge on any atom is -0.490 e. The number of hydrogen-bond acceptors (Lipinski definition) is 3. The first-order valence-electron chi connectivity index (χ1n) is 7.96. The number of nitrogens with one attached hydrogen (secondary N) is 1. The van der Waals surface area contributed by atoms with Gasteiger partial charge < -0.3 is 15.2 Å². The molecule has 0 spiro atoms. The molecular formula is C17H20FNO4. The number of carbonyl (C=O) groups is 2. The van der Waals surface area contributed by atoms with Crippen molar-refractivity contribution < 1.29 is 23.8 Å². The lowest BCUT2D eigenvalue weighted by Crippen LogP contribution is -2.43. The van der Waals surface area contributed by atoms with Crippen molar-refractivity contribution in [3.63, 3.8) is 0 Å². The van der Waals surface area contributed by atoms with Crippen molar-refractivity contribution in [2.75, 3.05) is 6.61 Å². The molecule has 23 heavy (non-hydrogen) atoms. The van der Waals surface area contributed by atoms with Gasteiger partial charge in [-0.3, -0.25) is 9.59 Å². The molecule has 5 nitrogen and oxygen atoms in total. The lowest BCUT2D eigenvalue weighted by atomic mass is 9.66. The van der Waals surface area contributed by atoms with Gasteiger partial charge in [0.2, 0.25) is 5.91 Å². The third-order valence-electron chi connectivity index (χ3n) is 4.85. The molecule has 2 N–H and O–H groups in total. The molecule has 1 amide bonds. The summed E-state index contributed by atoms with van der Waals surface area (Å²) in [5.74, 6) is -1.46. The van der Waals surface area contributed by atoms with Crippen molar-refractivity contribution in [2.24, 2.45) is 5.41 Å². The minimum absolute atomic E-state index is 0.0235. The number of carboxylic acid groups (broad SMARTS) is 1. The Kier molecular flexibility index (Phi) is 4.24. The number of fused-ring (bicyclic) bond motifs is 1. The van der Waals surface area contributed by atoms with Crippen LogP contribution in [0.15, 0.2) is 18.2 Å². The molecule has 3 rings (SSSR count). The highest BCUT2D eigenvalue weighted by Gasteiger charge is 2.46. The van der Waals surface area contributed by atoms with Crippen molar-refractivity contribution in [1.29, 1.82) is 0 Å². The molecule has 2 aliphatic rings. The summed E-state index contributed by atoms with van der Waals surface area (Å²) in [5.41, 5.74) is -0.301. The number of benzene rings is 1. The summed E-state index contributed by atoms with van der Waals surface area (Å²) in [5, 5.41) is 12.2. The maximum atomic E-state index is 13.9. The molecule has 1 fully saturated rings. The molecule has 1 saturated carbocycles. The van der Waals surface area contributed by atoms with Crippen LogP contribution in [0, 0.1) is 11.2 Å². The molecule has 0 bridgehead atoms. The fraction of sp³-hybridized carbons (Fsp3) is 0.529. The first-order valence-corrected chi connectivity index (χ1v) is 7.96. The van der Waals surface area contributed by atoms with Crippen molar-refractivity contribution in [2.45, 2.75) is 44.6 Å². The normalized spacial score (nSPS) is 22.0. The number of aliphatic carboxylic acids is 1. The summed E-state index contributed by atoms with van der Waals surface area (Å²) in [7, 11) is 0. The quantitative estimate of drug-likeness (QED) is 0.894. The van der Waals surface area contributed by atoms with Gasteiger partial charge in [-0.1, -0.05) is 18.6 Å². The molecule has 124 valence electrons. The Hall–Kier alpha value is -2.11. The Morgan fingerprint density at radius 3 is 2.78 bits per heavy atom. The molecule has 0 saturated heterocycles. The molecule has 0 aromatic heterocycles. The van der Waals surface area contributed by atoms with Gasteiger partial charge in [-0.2, -0.15) is 0 Å². The highest BCUT2D eigenvalue weighted by Crippen LogP contribution is 2.44. The average molecular weight is 321 g/mol. The lowest BCUT2D eigenvalue weighted by Gasteiger charge is -2.37. The van der Waals surface area contributed by atoms with Crippen LogP contribution in [0.5, 0.6) is 5.75 Å². The Balaban J connectivity index is 1.74. The molecule has 1 aliphatic heterocycles. The largest absolute Gasteiger partial charge is 0.490 e. The first kappa shape index (κ1) is 15.8. The van der Waals surface area contributed by atoms with Gasteiger partial charge in [-0.25, -0.2) is 4.39 Å². The standard InChI is InChI=1S/C17H20FNO4/c18-12-5-1-4-11-13(6-2-9-23-15(11)12)19-14(20)10-17(16(21)22)7-3-8-17/h1,4-5,13H,2-3,6-10H2,(H,19,20)(H,21,22). The summed E-state index contributed by atoms with van der Waals surface area (Å²) in [4.78, 5) is 23.7. The van der Waals surface area contributed by atoms with Crippen LogP contribution in [0.4, 0.5) is 4.39 Å². The van der Waals surface area contributed by atoms with Gasteiger partial charge in [0, 0.05) is 12.0 Å². The monoisotopic (exact) mass is 321 g/mol. The predicted octanol–water partition coefficient (Wildman–Crippen LogP) is 2.80. The van der Waals surface area contributed by atoms with E-state index in [4.69, 9.17) is 4.74 Å². The summed E-state index contributed by atoms with van der Waals surface area (Å²) < 4.78 is 19.3. The molecule has 1 aromatic carbocycles. The Labute approximate surface area is 133 Å². The van der Waals surface area contributed by atoms with E-state index in [1.165, 1.54) is 6.07 Å². The maximum absolute atomic E-state index is 13.9.